The van der Waals surface area contributed by atoms with Gasteiger partial charge < -0.3 is 10.2 Å². The second-order valence-corrected chi connectivity index (χ2v) is 6.26. The Labute approximate surface area is 143 Å². The van der Waals surface area contributed by atoms with Crippen molar-refractivity contribution in [2.45, 2.75) is 44.8 Å². The standard InChI is InChI=1S/C16H18ClF3N2O2/c1-10(23)22(12-4-2-3-5-12)9-15(24)21-14-7-6-11(17)8-13(14)16(18,19)20/h6-8,12H,2-5,9H2,1H3,(H,21,24). The fourth-order valence-electron chi connectivity index (χ4n) is 2.92. The predicted molar refractivity (Wildman–Crippen MR) is 84.7 cm³/mol. The van der Waals surface area contributed by atoms with E-state index in [0.717, 1.165) is 37.8 Å². The topological polar surface area (TPSA) is 49.4 Å². The van der Waals surface area contributed by atoms with Gasteiger partial charge in [-0.25, -0.2) is 0 Å². The zero-order chi connectivity index (χ0) is 17.9. The smallest absolute Gasteiger partial charge is 0.331 e. The van der Waals surface area contributed by atoms with Gasteiger partial charge >= 0.3 is 6.18 Å². The van der Waals surface area contributed by atoms with Crippen LogP contribution in [0.3, 0.4) is 0 Å². The van der Waals surface area contributed by atoms with Crippen LogP contribution in [-0.4, -0.2) is 29.3 Å². The van der Waals surface area contributed by atoms with E-state index in [2.05, 4.69) is 5.32 Å². The summed E-state index contributed by atoms with van der Waals surface area (Å²) in [5.74, 6) is -0.922. The van der Waals surface area contributed by atoms with Crippen LogP contribution in [0.2, 0.25) is 5.02 Å². The molecule has 132 valence electrons. The fourth-order valence-corrected chi connectivity index (χ4v) is 3.09. The van der Waals surface area contributed by atoms with Gasteiger partial charge in [-0.2, -0.15) is 13.2 Å². The number of carbonyl (C=O) groups excluding carboxylic acids is 2. The van der Waals surface area contributed by atoms with Gasteiger partial charge in [0, 0.05) is 18.0 Å². The SMILES string of the molecule is CC(=O)N(CC(=O)Nc1ccc(Cl)cc1C(F)(F)F)C1CCCC1. The van der Waals surface area contributed by atoms with E-state index in [1.165, 1.54) is 17.9 Å². The first-order valence-corrected chi connectivity index (χ1v) is 8.00. The Morgan fingerprint density at radius 2 is 1.92 bits per heavy atom. The number of hydrogen-bond acceptors (Lipinski definition) is 2. The molecule has 2 amide bonds. The molecule has 1 fully saturated rings. The maximum Gasteiger partial charge on any atom is 0.418 e. The lowest BCUT2D eigenvalue weighted by Crippen LogP contribution is -2.42. The number of halogens is 4. The van der Waals surface area contributed by atoms with E-state index in [0.29, 0.717) is 0 Å². The predicted octanol–water partition coefficient (Wildman–Crippen LogP) is 4.09. The Morgan fingerprint density at radius 3 is 2.46 bits per heavy atom. The zero-order valence-corrected chi connectivity index (χ0v) is 13.9. The molecule has 0 saturated heterocycles. The third kappa shape index (κ3) is 4.63. The molecule has 8 heteroatoms. The highest BCUT2D eigenvalue weighted by Crippen LogP contribution is 2.36. The van der Waals surface area contributed by atoms with E-state index in [1.807, 2.05) is 0 Å². The lowest BCUT2D eigenvalue weighted by molar-refractivity contribution is -0.137. The summed E-state index contributed by atoms with van der Waals surface area (Å²) in [6, 6.07) is 3.11. The average Bonchev–Trinajstić information content (AvgIpc) is 2.99. The molecule has 0 radical (unpaired) electrons. The molecule has 1 N–H and O–H groups in total. The number of amides is 2. The lowest BCUT2D eigenvalue weighted by atomic mass is 10.1. The number of nitrogens with zero attached hydrogens (tertiary/aromatic N) is 1. The molecule has 24 heavy (non-hydrogen) atoms. The fraction of sp³-hybridized carbons (Fsp3) is 0.500. The maximum atomic E-state index is 13.0. The third-order valence-electron chi connectivity index (χ3n) is 4.04. The first kappa shape index (κ1) is 18.6. The Bertz CT molecular complexity index is 628. The molecule has 1 saturated carbocycles. The summed E-state index contributed by atoms with van der Waals surface area (Å²) >= 11 is 5.61. The van der Waals surface area contributed by atoms with Crippen molar-refractivity contribution in [3.05, 3.63) is 28.8 Å². The first-order chi connectivity index (χ1) is 11.2. The van der Waals surface area contributed by atoms with Crippen LogP contribution in [0.1, 0.15) is 38.2 Å². The molecule has 0 spiro atoms. The molecule has 0 aliphatic heterocycles. The first-order valence-electron chi connectivity index (χ1n) is 7.62. The van der Waals surface area contributed by atoms with Crippen molar-refractivity contribution in [3.8, 4) is 0 Å². The molecule has 2 rings (SSSR count). The summed E-state index contributed by atoms with van der Waals surface area (Å²) in [5.41, 5.74) is -1.38. The minimum absolute atomic E-state index is 0.0273. The van der Waals surface area contributed by atoms with Gasteiger partial charge in [0.05, 0.1) is 11.3 Å². The van der Waals surface area contributed by atoms with Gasteiger partial charge in [0.1, 0.15) is 6.54 Å². The van der Waals surface area contributed by atoms with E-state index in [9.17, 15) is 22.8 Å². The van der Waals surface area contributed by atoms with Crippen molar-refractivity contribution in [3.63, 3.8) is 0 Å². The van der Waals surface area contributed by atoms with Crippen molar-refractivity contribution >= 4 is 29.1 Å². The van der Waals surface area contributed by atoms with Crippen LogP contribution in [0.15, 0.2) is 18.2 Å². The van der Waals surface area contributed by atoms with Crippen molar-refractivity contribution in [1.82, 2.24) is 4.90 Å². The van der Waals surface area contributed by atoms with Gasteiger partial charge in [0.25, 0.3) is 0 Å². The van der Waals surface area contributed by atoms with Crippen molar-refractivity contribution in [2.75, 3.05) is 11.9 Å². The highest BCUT2D eigenvalue weighted by molar-refractivity contribution is 6.30. The Morgan fingerprint density at radius 1 is 1.29 bits per heavy atom. The maximum absolute atomic E-state index is 13.0. The van der Waals surface area contributed by atoms with Gasteiger partial charge in [0.15, 0.2) is 0 Å². The van der Waals surface area contributed by atoms with E-state index in [-0.39, 0.29) is 29.2 Å². The number of rotatable bonds is 4. The van der Waals surface area contributed by atoms with Crippen LogP contribution in [-0.2, 0) is 15.8 Å². The quantitative estimate of drug-likeness (QED) is 0.877. The molecule has 1 aromatic rings. The summed E-state index contributed by atoms with van der Waals surface area (Å²) < 4.78 is 39.1. The molecule has 0 atom stereocenters. The molecular weight excluding hydrogens is 345 g/mol. The second kappa shape index (κ2) is 7.42. The Kier molecular flexibility index (Phi) is 5.74. The van der Waals surface area contributed by atoms with Gasteiger partial charge in [0.2, 0.25) is 11.8 Å². The zero-order valence-electron chi connectivity index (χ0n) is 13.1. The number of carbonyl (C=O) groups is 2. The second-order valence-electron chi connectivity index (χ2n) is 5.82. The van der Waals surface area contributed by atoms with Crippen LogP contribution in [0.25, 0.3) is 0 Å². The van der Waals surface area contributed by atoms with Gasteiger partial charge in [-0.1, -0.05) is 24.4 Å². The lowest BCUT2D eigenvalue weighted by Gasteiger charge is -2.27. The average molecular weight is 363 g/mol. The van der Waals surface area contributed by atoms with E-state index in [1.54, 1.807) is 0 Å². The molecule has 1 aromatic carbocycles. The number of hydrogen-bond donors (Lipinski definition) is 1. The molecule has 0 unspecified atom stereocenters. The molecule has 0 bridgehead atoms. The largest absolute Gasteiger partial charge is 0.418 e. The van der Waals surface area contributed by atoms with Crippen LogP contribution in [0.5, 0.6) is 0 Å². The Hall–Kier alpha value is -1.76. The minimum atomic E-state index is -4.64. The van der Waals surface area contributed by atoms with E-state index in [4.69, 9.17) is 11.6 Å². The monoisotopic (exact) mass is 362 g/mol. The van der Waals surface area contributed by atoms with Gasteiger partial charge in [-0.05, 0) is 31.0 Å². The minimum Gasteiger partial charge on any atom is -0.331 e. The number of alkyl halides is 3. The van der Waals surface area contributed by atoms with Crippen molar-refractivity contribution in [2.24, 2.45) is 0 Å². The van der Waals surface area contributed by atoms with E-state index >= 15 is 0 Å². The van der Waals surface area contributed by atoms with Crippen molar-refractivity contribution < 1.29 is 22.8 Å². The Balaban J connectivity index is 2.13. The summed E-state index contributed by atoms with van der Waals surface area (Å²) in [6.45, 7) is 1.09. The molecule has 0 heterocycles. The summed E-state index contributed by atoms with van der Waals surface area (Å²) in [4.78, 5) is 25.3. The summed E-state index contributed by atoms with van der Waals surface area (Å²) in [5, 5.41) is 2.17. The third-order valence-corrected chi connectivity index (χ3v) is 4.28. The van der Waals surface area contributed by atoms with Crippen LogP contribution in [0, 0.1) is 0 Å². The van der Waals surface area contributed by atoms with Crippen LogP contribution in [0.4, 0.5) is 18.9 Å². The van der Waals surface area contributed by atoms with Crippen LogP contribution >= 0.6 is 11.6 Å². The number of anilines is 1. The number of nitrogens with one attached hydrogen (secondary N) is 1. The van der Waals surface area contributed by atoms with Gasteiger partial charge in [-0.15, -0.1) is 0 Å². The highest BCUT2D eigenvalue weighted by atomic mass is 35.5. The summed E-state index contributed by atoms with van der Waals surface area (Å²) in [6.07, 6.45) is -1.07. The molecule has 4 nitrogen and oxygen atoms in total. The molecule has 1 aliphatic rings. The molecule has 0 aromatic heterocycles. The highest BCUT2D eigenvalue weighted by Gasteiger charge is 2.34. The molecular formula is C16H18ClF3N2O2. The molecule has 1 aliphatic carbocycles. The van der Waals surface area contributed by atoms with Crippen LogP contribution < -0.4 is 5.32 Å². The normalized spacial score (nSPS) is 15.4. The van der Waals surface area contributed by atoms with Crippen molar-refractivity contribution in [1.29, 1.82) is 0 Å². The number of benzene rings is 1. The summed E-state index contributed by atoms with van der Waals surface area (Å²) in [7, 11) is 0. The van der Waals surface area contributed by atoms with Gasteiger partial charge in [-0.3, -0.25) is 9.59 Å². The van der Waals surface area contributed by atoms with E-state index < -0.39 is 17.6 Å².